The lowest BCUT2D eigenvalue weighted by molar-refractivity contribution is 0.0689. The Morgan fingerprint density at radius 1 is 1.37 bits per heavy atom. The molecule has 0 bridgehead atoms. The van der Waals surface area contributed by atoms with Gasteiger partial charge in [-0.05, 0) is 19.1 Å². The number of carbonyl (C=O) groups is 2. The van der Waals surface area contributed by atoms with E-state index in [0.717, 1.165) is 0 Å². The molecular formula is C12H12N4O3. The van der Waals surface area contributed by atoms with Crippen molar-refractivity contribution in [3.63, 3.8) is 0 Å². The predicted molar refractivity (Wildman–Crippen MR) is 65.7 cm³/mol. The highest BCUT2D eigenvalue weighted by molar-refractivity contribution is 5.95. The molecule has 7 heteroatoms. The molecule has 1 unspecified atom stereocenters. The van der Waals surface area contributed by atoms with Crippen LogP contribution in [0.1, 0.15) is 39.6 Å². The number of carboxylic acid groups (broad SMARTS) is 1. The van der Waals surface area contributed by atoms with E-state index in [9.17, 15) is 9.59 Å². The molecule has 3 N–H and O–H groups in total. The molecule has 0 aliphatic heterocycles. The fourth-order valence-corrected chi connectivity index (χ4v) is 1.52. The molecule has 1 amide bonds. The van der Waals surface area contributed by atoms with Crippen LogP contribution in [0, 0.1) is 0 Å². The number of aromatic carboxylic acids is 1. The van der Waals surface area contributed by atoms with Crippen molar-refractivity contribution < 1.29 is 14.7 Å². The zero-order valence-corrected chi connectivity index (χ0v) is 10.1. The van der Waals surface area contributed by atoms with Gasteiger partial charge in [0.15, 0.2) is 0 Å². The number of rotatable bonds is 4. The van der Waals surface area contributed by atoms with Crippen LogP contribution in [0.2, 0.25) is 0 Å². The molecule has 0 saturated carbocycles. The molecular weight excluding hydrogens is 248 g/mol. The van der Waals surface area contributed by atoms with Crippen molar-refractivity contribution in [1.82, 2.24) is 20.3 Å². The third-order valence-corrected chi connectivity index (χ3v) is 2.52. The van der Waals surface area contributed by atoms with Crippen LogP contribution in [0.3, 0.4) is 0 Å². The molecule has 2 rings (SSSR count). The molecule has 2 aromatic rings. The number of nitrogens with one attached hydrogen (secondary N) is 2. The molecule has 0 spiro atoms. The second kappa shape index (κ2) is 5.30. The van der Waals surface area contributed by atoms with E-state index >= 15 is 0 Å². The van der Waals surface area contributed by atoms with Gasteiger partial charge in [-0.2, -0.15) is 0 Å². The average Bonchev–Trinajstić information content (AvgIpc) is 2.92. The largest absolute Gasteiger partial charge is 0.477 e. The van der Waals surface area contributed by atoms with Crippen molar-refractivity contribution in [3.8, 4) is 0 Å². The molecule has 7 nitrogen and oxygen atoms in total. The number of pyridine rings is 1. The number of amides is 1. The van der Waals surface area contributed by atoms with Crippen LogP contribution in [-0.4, -0.2) is 31.9 Å². The Balaban J connectivity index is 2.05. The maximum Gasteiger partial charge on any atom is 0.354 e. The summed E-state index contributed by atoms with van der Waals surface area (Å²) < 4.78 is 0. The molecule has 0 aromatic carbocycles. The Kier molecular flexibility index (Phi) is 3.56. The Hall–Kier alpha value is -2.70. The fourth-order valence-electron chi connectivity index (χ4n) is 1.52. The lowest BCUT2D eigenvalue weighted by Crippen LogP contribution is -2.27. The van der Waals surface area contributed by atoms with Gasteiger partial charge in [-0.3, -0.25) is 4.79 Å². The van der Waals surface area contributed by atoms with Crippen LogP contribution in [0.5, 0.6) is 0 Å². The Morgan fingerprint density at radius 2 is 2.16 bits per heavy atom. The number of aromatic amines is 1. The van der Waals surface area contributed by atoms with Crippen LogP contribution in [-0.2, 0) is 0 Å². The van der Waals surface area contributed by atoms with Gasteiger partial charge in [0.05, 0.1) is 11.6 Å². The van der Waals surface area contributed by atoms with Gasteiger partial charge in [-0.1, -0.05) is 0 Å². The number of aromatic nitrogens is 3. The van der Waals surface area contributed by atoms with Crippen LogP contribution in [0.15, 0.2) is 30.7 Å². The van der Waals surface area contributed by atoms with E-state index < -0.39 is 5.97 Å². The molecule has 1 atom stereocenters. The topological polar surface area (TPSA) is 108 Å². The third-order valence-electron chi connectivity index (χ3n) is 2.52. The SMILES string of the molecule is CC(NC(=O)c1ccc(C(=O)O)nc1)c1ncc[nH]1. The van der Waals surface area contributed by atoms with Gasteiger partial charge in [-0.15, -0.1) is 0 Å². The van der Waals surface area contributed by atoms with E-state index in [-0.39, 0.29) is 17.6 Å². The van der Waals surface area contributed by atoms with Crippen LogP contribution in [0.25, 0.3) is 0 Å². The maximum atomic E-state index is 11.9. The molecule has 0 saturated heterocycles. The van der Waals surface area contributed by atoms with Gasteiger partial charge in [0.2, 0.25) is 0 Å². The van der Waals surface area contributed by atoms with E-state index in [2.05, 4.69) is 20.3 Å². The zero-order chi connectivity index (χ0) is 13.8. The van der Waals surface area contributed by atoms with E-state index in [0.29, 0.717) is 11.4 Å². The Labute approximate surface area is 108 Å². The first-order valence-electron chi connectivity index (χ1n) is 5.57. The lowest BCUT2D eigenvalue weighted by atomic mass is 10.2. The van der Waals surface area contributed by atoms with E-state index in [1.807, 2.05) is 0 Å². The summed E-state index contributed by atoms with van der Waals surface area (Å²) in [6.45, 7) is 1.79. The summed E-state index contributed by atoms with van der Waals surface area (Å²) in [6.07, 6.45) is 4.50. The molecule has 0 fully saturated rings. The highest BCUT2D eigenvalue weighted by Crippen LogP contribution is 2.07. The quantitative estimate of drug-likeness (QED) is 0.759. The molecule has 0 aliphatic carbocycles. The summed E-state index contributed by atoms with van der Waals surface area (Å²) >= 11 is 0. The molecule has 19 heavy (non-hydrogen) atoms. The van der Waals surface area contributed by atoms with E-state index in [1.165, 1.54) is 18.3 Å². The van der Waals surface area contributed by atoms with Crippen molar-refractivity contribution in [2.24, 2.45) is 0 Å². The van der Waals surface area contributed by atoms with Crippen molar-refractivity contribution in [3.05, 3.63) is 47.8 Å². The number of H-pyrrole nitrogens is 1. The summed E-state index contributed by atoms with van der Waals surface area (Å²) in [5.74, 6) is -0.826. The minimum atomic E-state index is -1.13. The average molecular weight is 260 g/mol. The maximum absolute atomic E-state index is 11.9. The second-order valence-corrected chi connectivity index (χ2v) is 3.91. The van der Waals surface area contributed by atoms with Crippen LogP contribution >= 0.6 is 0 Å². The van der Waals surface area contributed by atoms with Gasteiger partial charge in [0.25, 0.3) is 5.91 Å². The summed E-state index contributed by atoms with van der Waals surface area (Å²) in [5, 5.41) is 11.4. The number of carboxylic acids is 1. The molecule has 0 aliphatic rings. The van der Waals surface area contributed by atoms with Crippen molar-refractivity contribution in [1.29, 1.82) is 0 Å². The van der Waals surface area contributed by atoms with Gasteiger partial charge in [0.1, 0.15) is 11.5 Å². The Bertz CT molecular complexity index is 578. The minimum absolute atomic E-state index is 0.101. The van der Waals surface area contributed by atoms with Crippen molar-refractivity contribution >= 4 is 11.9 Å². The molecule has 2 aromatic heterocycles. The second-order valence-electron chi connectivity index (χ2n) is 3.91. The highest BCUT2D eigenvalue weighted by Gasteiger charge is 2.14. The number of hydrogen-bond donors (Lipinski definition) is 3. The minimum Gasteiger partial charge on any atom is -0.477 e. The summed E-state index contributed by atoms with van der Waals surface area (Å²) in [5.41, 5.74) is 0.194. The normalized spacial score (nSPS) is 11.8. The van der Waals surface area contributed by atoms with Crippen molar-refractivity contribution in [2.75, 3.05) is 0 Å². The summed E-state index contributed by atoms with van der Waals surface area (Å²) in [7, 11) is 0. The van der Waals surface area contributed by atoms with Gasteiger partial charge in [-0.25, -0.2) is 14.8 Å². The zero-order valence-electron chi connectivity index (χ0n) is 10.1. The molecule has 98 valence electrons. The number of hydrogen-bond acceptors (Lipinski definition) is 4. The first kappa shape index (κ1) is 12.7. The van der Waals surface area contributed by atoms with E-state index in [4.69, 9.17) is 5.11 Å². The number of carbonyl (C=O) groups excluding carboxylic acids is 1. The Morgan fingerprint density at radius 3 is 2.68 bits per heavy atom. The van der Waals surface area contributed by atoms with Crippen LogP contribution < -0.4 is 5.32 Å². The summed E-state index contributed by atoms with van der Waals surface area (Å²) in [6, 6.07) is 2.43. The fraction of sp³-hybridized carbons (Fsp3) is 0.167. The first-order chi connectivity index (χ1) is 9.08. The number of imidazole rings is 1. The van der Waals surface area contributed by atoms with Crippen LogP contribution in [0.4, 0.5) is 0 Å². The van der Waals surface area contributed by atoms with Crippen molar-refractivity contribution in [2.45, 2.75) is 13.0 Å². The van der Waals surface area contributed by atoms with Gasteiger partial charge >= 0.3 is 5.97 Å². The van der Waals surface area contributed by atoms with E-state index in [1.54, 1.807) is 19.3 Å². The van der Waals surface area contributed by atoms with Gasteiger partial charge < -0.3 is 15.4 Å². The summed E-state index contributed by atoms with van der Waals surface area (Å²) in [4.78, 5) is 33.2. The monoisotopic (exact) mass is 260 g/mol. The predicted octanol–water partition coefficient (Wildman–Crippen LogP) is 0.994. The lowest BCUT2D eigenvalue weighted by Gasteiger charge is -2.11. The molecule has 2 heterocycles. The smallest absolute Gasteiger partial charge is 0.354 e. The highest BCUT2D eigenvalue weighted by atomic mass is 16.4. The number of nitrogens with zero attached hydrogens (tertiary/aromatic N) is 2. The van der Waals surface area contributed by atoms with Gasteiger partial charge in [0, 0.05) is 18.6 Å². The third kappa shape index (κ3) is 2.95. The molecule has 0 radical (unpaired) electrons. The standard InChI is InChI=1S/C12H12N4O3/c1-7(10-13-4-5-14-10)16-11(17)8-2-3-9(12(18)19)15-6-8/h2-7H,1H3,(H,13,14)(H,16,17)(H,18,19). The first-order valence-corrected chi connectivity index (χ1v) is 5.57.